The first kappa shape index (κ1) is 12.6. The van der Waals surface area contributed by atoms with Crippen LogP contribution in [-0.2, 0) is 4.52 Å². The molecule has 6 heteroatoms. The maximum absolute atomic E-state index is 11.0. The number of rotatable bonds is 3. The van der Waals surface area contributed by atoms with E-state index < -0.39 is 7.87 Å². The minimum atomic E-state index is -2.90. The summed E-state index contributed by atoms with van der Waals surface area (Å²) in [7, 11) is -1.37. The van der Waals surface area contributed by atoms with Gasteiger partial charge in [0.05, 0.1) is 19.4 Å². The van der Waals surface area contributed by atoms with E-state index in [0.717, 1.165) is 23.7 Å². The summed E-state index contributed by atoms with van der Waals surface area (Å²) in [6.45, 7) is 0. The van der Waals surface area contributed by atoms with Crippen molar-refractivity contribution in [3.8, 4) is 0 Å². The van der Waals surface area contributed by atoms with Crippen LogP contribution in [0.15, 0.2) is 41.5 Å². The molecule has 1 saturated carbocycles. The van der Waals surface area contributed by atoms with Gasteiger partial charge >= 0.3 is 7.87 Å². The molecule has 1 aliphatic carbocycles. The predicted octanol–water partition coefficient (Wildman–Crippen LogP) is 2.18. The van der Waals surface area contributed by atoms with Crippen molar-refractivity contribution in [1.82, 2.24) is 4.67 Å². The lowest BCUT2D eigenvalue weighted by atomic mass is 10.2. The Morgan fingerprint density at radius 1 is 1.37 bits per heavy atom. The van der Waals surface area contributed by atoms with E-state index in [1.54, 1.807) is 10.9 Å². The number of nitrogens with zero attached hydrogens (tertiary/aromatic N) is 2. The van der Waals surface area contributed by atoms with E-state index in [1.807, 2.05) is 30.3 Å². The Bertz CT molecular complexity index is 542. The molecule has 5 nitrogen and oxygen atoms in total. The van der Waals surface area contributed by atoms with Gasteiger partial charge in [0.1, 0.15) is 0 Å². The lowest BCUT2D eigenvalue weighted by Crippen LogP contribution is -2.40. The second-order valence-corrected chi connectivity index (χ2v) is 7.04. The van der Waals surface area contributed by atoms with Crippen LogP contribution in [0.1, 0.15) is 18.4 Å². The van der Waals surface area contributed by atoms with E-state index in [-0.39, 0.29) is 6.04 Å². The van der Waals surface area contributed by atoms with Crippen molar-refractivity contribution < 1.29 is 9.42 Å². The summed E-state index contributed by atoms with van der Waals surface area (Å²) >= 11 is 0. The van der Waals surface area contributed by atoms with Crippen molar-refractivity contribution in [2.24, 2.45) is 10.7 Å². The zero-order valence-electron chi connectivity index (χ0n) is 10.7. The molecule has 0 aromatic heterocycles. The standard InChI is InChI=1S/C13H17N3O2P/c1-18-19(17)12(10-5-3-2-4-6-10)9-15-13(14)16(19)11-7-8-11/h2-6,9,11,17H,7-8H2,1H3,(H2,14,15)/q+1. The normalized spacial score (nSPS) is 26.9. The van der Waals surface area contributed by atoms with Gasteiger partial charge in [0.25, 0.3) is 0 Å². The van der Waals surface area contributed by atoms with Crippen molar-refractivity contribution in [1.29, 1.82) is 0 Å². The van der Waals surface area contributed by atoms with E-state index in [2.05, 4.69) is 4.99 Å². The molecule has 1 heterocycles. The number of guanidine groups is 1. The molecule has 1 atom stereocenters. The summed E-state index contributed by atoms with van der Waals surface area (Å²) in [4.78, 5) is 15.2. The van der Waals surface area contributed by atoms with Gasteiger partial charge in [0, 0.05) is 5.56 Å². The van der Waals surface area contributed by atoms with Gasteiger partial charge in [-0.1, -0.05) is 30.3 Å². The quantitative estimate of drug-likeness (QED) is 0.831. The van der Waals surface area contributed by atoms with Crippen LogP contribution in [0.5, 0.6) is 0 Å². The highest BCUT2D eigenvalue weighted by Gasteiger charge is 2.59. The summed E-state index contributed by atoms with van der Waals surface area (Å²) in [5.74, 6) is 0.347. The van der Waals surface area contributed by atoms with Gasteiger partial charge in [-0.05, 0) is 12.8 Å². The Morgan fingerprint density at radius 3 is 2.63 bits per heavy atom. The average molecular weight is 278 g/mol. The zero-order valence-corrected chi connectivity index (χ0v) is 11.6. The minimum absolute atomic E-state index is 0.245. The summed E-state index contributed by atoms with van der Waals surface area (Å²) in [5, 5.41) is 0.719. The van der Waals surface area contributed by atoms with Gasteiger partial charge in [-0.25, -0.2) is 4.99 Å². The van der Waals surface area contributed by atoms with Gasteiger partial charge in [-0.2, -0.15) is 14.1 Å². The first-order valence-corrected chi connectivity index (χ1v) is 7.84. The molecule has 0 radical (unpaired) electrons. The molecule has 1 aliphatic heterocycles. The van der Waals surface area contributed by atoms with Gasteiger partial charge in [0.2, 0.25) is 11.3 Å². The summed E-state index contributed by atoms with van der Waals surface area (Å²) < 4.78 is 7.27. The summed E-state index contributed by atoms with van der Waals surface area (Å²) in [6.07, 6.45) is 3.66. The van der Waals surface area contributed by atoms with Gasteiger partial charge < -0.3 is 5.73 Å². The van der Waals surface area contributed by atoms with Gasteiger partial charge in [-0.15, -0.1) is 0 Å². The third-order valence-electron chi connectivity index (χ3n) is 3.38. The second kappa shape index (κ2) is 4.60. The molecule has 1 aromatic carbocycles. The van der Waals surface area contributed by atoms with E-state index in [4.69, 9.17) is 10.3 Å². The van der Waals surface area contributed by atoms with E-state index >= 15 is 0 Å². The highest BCUT2D eigenvalue weighted by atomic mass is 31.2. The van der Waals surface area contributed by atoms with Crippen LogP contribution in [0.2, 0.25) is 0 Å². The van der Waals surface area contributed by atoms with Crippen LogP contribution in [0.25, 0.3) is 5.31 Å². The molecular formula is C13H17N3O2P+. The fourth-order valence-corrected chi connectivity index (χ4v) is 4.58. The predicted molar refractivity (Wildman–Crippen MR) is 77.1 cm³/mol. The molecule has 100 valence electrons. The lowest BCUT2D eigenvalue weighted by molar-refractivity contribution is 0.324. The maximum Gasteiger partial charge on any atom is 0.410 e. The average Bonchev–Trinajstić information content (AvgIpc) is 3.24. The molecule has 3 rings (SSSR count). The summed E-state index contributed by atoms with van der Waals surface area (Å²) in [6, 6.07) is 9.93. The molecule has 0 bridgehead atoms. The first-order chi connectivity index (χ1) is 9.16. The van der Waals surface area contributed by atoms with Crippen molar-refractivity contribution in [3.05, 3.63) is 42.1 Å². The van der Waals surface area contributed by atoms with E-state index in [0.29, 0.717) is 5.96 Å². The number of nitrogens with two attached hydrogens (primary N) is 1. The van der Waals surface area contributed by atoms with Crippen molar-refractivity contribution in [3.63, 3.8) is 0 Å². The third kappa shape index (κ3) is 2.04. The Hall–Kier alpha value is -1.42. The molecule has 19 heavy (non-hydrogen) atoms. The number of hydrogen-bond donors (Lipinski definition) is 2. The fourth-order valence-electron chi connectivity index (χ4n) is 2.28. The van der Waals surface area contributed by atoms with Crippen LogP contribution in [0, 0.1) is 0 Å². The SMILES string of the molecule is CO[P+]1(O)C(c2ccccc2)=CN=C(N)N1C1CC1. The smallest absolute Gasteiger partial charge is 0.367 e. The topological polar surface area (TPSA) is 71.1 Å². The Kier molecular flexibility index (Phi) is 3.05. The molecule has 1 aromatic rings. The van der Waals surface area contributed by atoms with Crippen LogP contribution in [0.4, 0.5) is 0 Å². The molecule has 1 unspecified atom stereocenters. The Labute approximate surface area is 113 Å². The minimum Gasteiger partial charge on any atom is -0.367 e. The highest BCUT2D eigenvalue weighted by molar-refractivity contribution is 7.74. The molecule has 3 N–H and O–H groups in total. The maximum atomic E-state index is 11.0. The van der Waals surface area contributed by atoms with Crippen LogP contribution < -0.4 is 5.73 Å². The van der Waals surface area contributed by atoms with E-state index in [9.17, 15) is 4.89 Å². The number of aliphatic imine (C=N–C) groups is 1. The number of hydrogen-bond acceptors (Lipinski definition) is 5. The molecule has 0 amide bonds. The first-order valence-electron chi connectivity index (χ1n) is 6.23. The summed E-state index contributed by atoms with van der Waals surface area (Å²) in [5.41, 5.74) is 6.85. The Morgan fingerprint density at radius 2 is 2.05 bits per heavy atom. The molecular weight excluding hydrogens is 261 g/mol. The molecule has 2 aliphatic rings. The van der Waals surface area contributed by atoms with Crippen LogP contribution in [-0.4, -0.2) is 28.7 Å². The van der Waals surface area contributed by atoms with Gasteiger partial charge in [-0.3, -0.25) is 0 Å². The van der Waals surface area contributed by atoms with Crippen molar-refractivity contribution in [2.45, 2.75) is 18.9 Å². The van der Waals surface area contributed by atoms with Crippen LogP contribution >= 0.6 is 7.87 Å². The highest BCUT2D eigenvalue weighted by Crippen LogP contribution is 2.72. The van der Waals surface area contributed by atoms with Gasteiger partial charge in [0.15, 0.2) is 0 Å². The van der Waals surface area contributed by atoms with Crippen LogP contribution in [0.3, 0.4) is 0 Å². The number of benzene rings is 1. The van der Waals surface area contributed by atoms with E-state index in [1.165, 1.54) is 7.11 Å². The molecule has 0 saturated heterocycles. The second-order valence-electron chi connectivity index (χ2n) is 4.67. The monoisotopic (exact) mass is 278 g/mol. The Balaban J connectivity index is 2.07. The van der Waals surface area contributed by atoms with Crippen molar-refractivity contribution in [2.75, 3.05) is 7.11 Å². The largest absolute Gasteiger partial charge is 0.410 e. The lowest BCUT2D eigenvalue weighted by Gasteiger charge is -2.32. The third-order valence-corrected chi connectivity index (χ3v) is 6.00. The van der Waals surface area contributed by atoms with Crippen molar-refractivity contribution >= 4 is 19.1 Å². The fraction of sp³-hybridized carbons (Fsp3) is 0.308. The zero-order chi connectivity index (χ0) is 13.5. The molecule has 1 fully saturated rings. The molecule has 0 spiro atoms.